The SMILES string of the molecule is CC[C@@H](O)[C@H]1CNC(=O)C1. The lowest BCUT2D eigenvalue weighted by Gasteiger charge is -2.12. The molecule has 1 amide bonds. The molecule has 0 bridgehead atoms. The van der Waals surface area contributed by atoms with E-state index in [9.17, 15) is 9.90 Å². The molecule has 0 spiro atoms. The van der Waals surface area contributed by atoms with Crippen molar-refractivity contribution in [3.8, 4) is 0 Å². The monoisotopic (exact) mass is 143 g/mol. The van der Waals surface area contributed by atoms with Gasteiger partial charge >= 0.3 is 0 Å². The van der Waals surface area contributed by atoms with Gasteiger partial charge in [-0.15, -0.1) is 0 Å². The van der Waals surface area contributed by atoms with Gasteiger partial charge < -0.3 is 10.4 Å². The van der Waals surface area contributed by atoms with E-state index in [1.807, 2.05) is 6.92 Å². The molecule has 0 aromatic carbocycles. The average molecular weight is 143 g/mol. The van der Waals surface area contributed by atoms with Crippen molar-refractivity contribution in [2.75, 3.05) is 6.54 Å². The van der Waals surface area contributed by atoms with Crippen LogP contribution < -0.4 is 5.32 Å². The molecule has 0 aromatic rings. The summed E-state index contributed by atoms with van der Waals surface area (Å²) in [6.45, 7) is 2.57. The molecule has 58 valence electrons. The number of aliphatic hydroxyl groups is 1. The maximum Gasteiger partial charge on any atom is 0.220 e. The Morgan fingerprint density at radius 2 is 2.60 bits per heavy atom. The van der Waals surface area contributed by atoms with Gasteiger partial charge in [-0.3, -0.25) is 4.79 Å². The molecule has 0 unspecified atom stereocenters. The molecule has 0 aliphatic carbocycles. The number of carbonyl (C=O) groups is 1. The van der Waals surface area contributed by atoms with Crippen molar-refractivity contribution >= 4 is 5.91 Å². The third-order valence-corrected chi connectivity index (χ3v) is 1.97. The summed E-state index contributed by atoms with van der Waals surface area (Å²) in [5, 5.41) is 12.0. The van der Waals surface area contributed by atoms with Crippen LogP contribution in [-0.4, -0.2) is 23.7 Å². The minimum atomic E-state index is -0.307. The summed E-state index contributed by atoms with van der Waals surface area (Å²) >= 11 is 0. The molecule has 2 atom stereocenters. The van der Waals surface area contributed by atoms with Crippen LogP contribution in [-0.2, 0) is 4.79 Å². The zero-order chi connectivity index (χ0) is 7.56. The molecule has 2 N–H and O–H groups in total. The van der Waals surface area contributed by atoms with Gasteiger partial charge in [-0.1, -0.05) is 6.92 Å². The highest BCUT2D eigenvalue weighted by Gasteiger charge is 2.26. The van der Waals surface area contributed by atoms with E-state index in [2.05, 4.69) is 5.32 Å². The zero-order valence-electron chi connectivity index (χ0n) is 6.13. The lowest BCUT2D eigenvalue weighted by Crippen LogP contribution is -2.21. The largest absolute Gasteiger partial charge is 0.393 e. The van der Waals surface area contributed by atoms with Crippen LogP contribution in [0.4, 0.5) is 0 Å². The summed E-state index contributed by atoms with van der Waals surface area (Å²) in [4.78, 5) is 10.7. The van der Waals surface area contributed by atoms with E-state index in [4.69, 9.17) is 0 Å². The van der Waals surface area contributed by atoms with Crippen LogP contribution in [0.5, 0.6) is 0 Å². The first-order valence-electron chi connectivity index (χ1n) is 3.68. The number of amides is 1. The summed E-state index contributed by atoms with van der Waals surface area (Å²) in [5.41, 5.74) is 0. The van der Waals surface area contributed by atoms with Gasteiger partial charge in [0.15, 0.2) is 0 Å². The van der Waals surface area contributed by atoms with Crippen LogP contribution >= 0.6 is 0 Å². The average Bonchev–Trinajstić information content (AvgIpc) is 2.34. The second-order valence-electron chi connectivity index (χ2n) is 2.74. The first kappa shape index (κ1) is 7.54. The van der Waals surface area contributed by atoms with Crippen LogP contribution in [0.25, 0.3) is 0 Å². The summed E-state index contributed by atoms with van der Waals surface area (Å²) in [7, 11) is 0. The highest BCUT2D eigenvalue weighted by Crippen LogP contribution is 2.15. The van der Waals surface area contributed by atoms with Crippen molar-refractivity contribution in [1.29, 1.82) is 0 Å². The van der Waals surface area contributed by atoms with Crippen molar-refractivity contribution in [2.24, 2.45) is 5.92 Å². The Labute approximate surface area is 60.4 Å². The van der Waals surface area contributed by atoms with E-state index >= 15 is 0 Å². The highest BCUT2D eigenvalue weighted by molar-refractivity contribution is 5.78. The van der Waals surface area contributed by atoms with Crippen molar-refractivity contribution < 1.29 is 9.90 Å². The van der Waals surface area contributed by atoms with Gasteiger partial charge in [0.25, 0.3) is 0 Å². The molecular formula is C7H13NO2. The molecule has 1 heterocycles. The first-order valence-corrected chi connectivity index (χ1v) is 3.68. The molecule has 1 aliphatic rings. The van der Waals surface area contributed by atoms with Crippen LogP contribution in [0.1, 0.15) is 19.8 Å². The second-order valence-corrected chi connectivity index (χ2v) is 2.74. The summed E-state index contributed by atoms with van der Waals surface area (Å²) < 4.78 is 0. The van der Waals surface area contributed by atoms with E-state index in [1.54, 1.807) is 0 Å². The predicted octanol–water partition coefficient (Wildman–Crippen LogP) is -0.107. The fourth-order valence-electron chi connectivity index (χ4n) is 1.23. The van der Waals surface area contributed by atoms with Crippen molar-refractivity contribution in [2.45, 2.75) is 25.9 Å². The van der Waals surface area contributed by atoms with E-state index in [0.717, 1.165) is 6.42 Å². The highest BCUT2D eigenvalue weighted by atomic mass is 16.3. The molecule has 0 aromatic heterocycles. The molecule has 1 saturated heterocycles. The van der Waals surface area contributed by atoms with Crippen molar-refractivity contribution in [3.05, 3.63) is 0 Å². The van der Waals surface area contributed by atoms with Gasteiger partial charge in [0.05, 0.1) is 6.10 Å². The van der Waals surface area contributed by atoms with Gasteiger partial charge in [0.1, 0.15) is 0 Å². The molecule has 3 nitrogen and oxygen atoms in total. The molecule has 1 fully saturated rings. The number of aliphatic hydroxyl groups excluding tert-OH is 1. The van der Waals surface area contributed by atoms with Crippen molar-refractivity contribution in [3.63, 3.8) is 0 Å². The number of hydrogen-bond donors (Lipinski definition) is 2. The molecule has 0 radical (unpaired) electrons. The number of nitrogens with one attached hydrogen (secondary N) is 1. The molecule has 10 heavy (non-hydrogen) atoms. The lowest BCUT2D eigenvalue weighted by molar-refractivity contribution is -0.119. The molecule has 0 saturated carbocycles. The van der Waals surface area contributed by atoms with E-state index in [0.29, 0.717) is 13.0 Å². The van der Waals surface area contributed by atoms with Crippen LogP contribution in [0.3, 0.4) is 0 Å². The number of carbonyl (C=O) groups excluding carboxylic acids is 1. The first-order chi connectivity index (χ1) is 4.74. The quantitative estimate of drug-likeness (QED) is 0.566. The predicted molar refractivity (Wildman–Crippen MR) is 37.4 cm³/mol. The Bertz CT molecular complexity index is 136. The summed E-state index contributed by atoms with van der Waals surface area (Å²) in [6, 6.07) is 0. The summed E-state index contributed by atoms with van der Waals surface area (Å²) in [6.07, 6.45) is 0.924. The van der Waals surface area contributed by atoms with Gasteiger partial charge in [0.2, 0.25) is 5.91 Å². The Morgan fingerprint density at radius 1 is 1.90 bits per heavy atom. The minimum Gasteiger partial charge on any atom is -0.393 e. The topological polar surface area (TPSA) is 49.3 Å². The maximum absolute atomic E-state index is 10.7. The van der Waals surface area contributed by atoms with Crippen LogP contribution in [0.2, 0.25) is 0 Å². The Kier molecular flexibility index (Phi) is 2.27. The second kappa shape index (κ2) is 3.01. The fourth-order valence-corrected chi connectivity index (χ4v) is 1.23. The number of rotatable bonds is 2. The maximum atomic E-state index is 10.7. The molecule has 1 rings (SSSR count). The summed E-state index contributed by atoms with van der Waals surface area (Å²) in [5.74, 6) is 0.218. The fraction of sp³-hybridized carbons (Fsp3) is 0.857. The van der Waals surface area contributed by atoms with Crippen LogP contribution in [0.15, 0.2) is 0 Å². The van der Waals surface area contributed by atoms with Gasteiger partial charge in [-0.25, -0.2) is 0 Å². The van der Waals surface area contributed by atoms with E-state index in [1.165, 1.54) is 0 Å². The van der Waals surface area contributed by atoms with Gasteiger partial charge in [-0.05, 0) is 6.42 Å². The Morgan fingerprint density at radius 3 is 3.00 bits per heavy atom. The van der Waals surface area contributed by atoms with Crippen LogP contribution in [0, 0.1) is 5.92 Å². The Hall–Kier alpha value is -0.570. The molecule has 1 aliphatic heterocycles. The Balaban J connectivity index is 2.36. The zero-order valence-corrected chi connectivity index (χ0v) is 6.13. The minimum absolute atomic E-state index is 0.0671. The van der Waals surface area contributed by atoms with Crippen molar-refractivity contribution in [1.82, 2.24) is 5.32 Å². The standard InChI is InChI=1S/C7H13NO2/c1-2-6(9)5-3-7(10)8-4-5/h5-6,9H,2-4H2,1H3,(H,8,10)/t5-,6-/m1/s1. The van der Waals surface area contributed by atoms with E-state index in [-0.39, 0.29) is 17.9 Å². The van der Waals surface area contributed by atoms with Gasteiger partial charge in [-0.2, -0.15) is 0 Å². The third kappa shape index (κ3) is 1.48. The normalized spacial score (nSPS) is 28.2. The van der Waals surface area contributed by atoms with E-state index < -0.39 is 0 Å². The third-order valence-electron chi connectivity index (χ3n) is 1.97. The number of hydrogen-bond acceptors (Lipinski definition) is 2. The lowest BCUT2D eigenvalue weighted by atomic mass is 10.00. The molecular weight excluding hydrogens is 130 g/mol. The van der Waals surface area contributed by atoms with Gasteiger partial charge in [0, 0.05) is 18.9 Å². The smallest absolute Gasteiger partial charge is 0.220 e. The molecule has 3 heteroatoms.